The van der Waals surface area contributed by atoms with E-state index in [-0.39, 0.29) is 0 Å². The van der Waals surface area contributed by atoms with Gasteiger partial charge in [0.05, 0.1) is 24.1 Å². The van der Waals surface area contributed by atoms with Gasteiger partial charge >= 0.3 is 0 Å². The lowest BCUT2D eigenvalue weighted by Crippen LogP contribution is -2.28. The van der Waals surface area contributed by atoms with E-state index in [9.17, 15) is 0 Å². The quantitative estimate of drug-likeness (QED) is 0.740. The van der Waals surface area contributed by atoms with Crippen molar-refractivity contribution in [2.45, 2.75) is 46.6 Å². The molecule has 0 aliphatic rings. The van der Waals surface area contributed by atoms with Crippen LogP contribution in [0.3, 0.4) is 0 Å². The van der Waals surface area contributed by atoms with E-state index in [0.717, 1.165) is 43.3 Å². The van der Waals surface area contributed by atoms with Crippen LogP contribution in [0.25, 0.3) is 0 Å². The van der Waals surface area contributed by atoms with Crippen LogP contribution in [0.4, 0.5) is 5.69 Å². The Morgan fingerprint density at radius 3 is 2.70 bits per heavy atom. The normalized spacial score (nSPS) is 10.6. The Kier molecular flexibility index (Phi) is 7.03. The van der Waals surface area contributed by atoms with Gasteiger partial charge < -0.3 is 10.2 Å². The summed E-state index contributed by atoms with van der Waals surface area (Å²) < 4.78 is 0. The third kappa shape index (κ3) is 4.50. The minimum atomic E-state index is 0.330. The van der Waals surface area contributed by atoms with Crippen molar-refractivity contribution < 1.29 is 0 Å². The predicted octanol–water partition coefficient (Wildman–Crippen LogP) is 2.56. The fourth-order valence-electron chi connectivity index (χ4n) is 2.01. The van der Waals surface area contributed by atoms with Crippen molar-refractivity contribution in [1.82, 2.24) is 15.3 Å². The molecule has 1 heterocycles. The van der Waals surface area contributed by atoms with Gasteiger partial charge in [0.1, 0.15) is 5.82 Å². The molecule has 110 valence electrons. The van der Waals surface area contributed by atoms with Crippen LogP contribution in [0.1, 0.15) is 51.6 Å². The zero-order chi connectivity index (χ0) is 15.0. The molecule has 1 aromatic heterocycles. The van der Waals surface area contributed by atoms with Gasteiger partial charge in [0.15, 0.2) is 0 Å². The highest BCUT2D eigenvalue weighted by molar-refractivity contribution is 5.50. The highest BCUT2D eigenvalue weighted by Gasteiger charge is 2.14. The van der Waals surface area contributed by atoms with Crippen LogP contribution in [-0.4, -0.2) is 29.6 Å². The Bertz CT molecular complexity index is 448. The van der Waals surface area contributed by atoms with E-state index in [1.807, 2.05) is 6.20 Å². The molecule has 0 saturated carbocycles. The molecular weight excluding hydrogens is 248 g/mol. The van der Waals surface area contributed by atoms with Gasteiger partial charge in [-0.15, -0.1) is 6.42 Å². The van der Waals surface area contributed by atoms with Crippen molar-refractivity contribution in [3.05, 3.63) is 17.7 Å². The fraction of sp³-hybridized carbons (Fsp3) is 0.625. The molecule has 0 aliphatic heterocycles. The summed E-state index contributed by atoms with van der Waals surface area (Å²) in [6.07, 6.45) is 8.45. The number of terminal acetylenes is 1. The summed E-state index contributed by atoms with van der Waals surface area (Å²) in [6.45, 7) is 11.6. The lowest BCUT2D eigenvalue weighted by Gasteiger charge is -2.24. The van der Waals surface area contributed by atoms with Gasteiger partial charge in [-0.2, -0.15) is 0 Å². The highest BCUT2D eigenvalue weighted by Crippen LogP contribution is 2.20. The van der Waals surface area contributed by atoms with Crippen LogP contribution in [-0.2, 0) is 6.54 Å². The Morgan fingerprint density at radius 2 is 2.15 bits per heavy atom. The van der Waals surface area contributed by atoms with Gasteiger partial charge in [-0.05, 0) is 13.0 Å². The number of nitrogens with zero attached hydrogens (tertiary/aromatic N) is 3. The summed E-state index contributed by atoms with van der Waals surface area (Å²) in [5, 5.41) is 3.34. The van der Waals surface area contributed by atoms with Gasteiger partial charge in [0.25, 0.3) is 0 Å². The first-order chi connectivity index (χ1) is 9.63. The molecule has 20 heavy (non-hydrogen) atoms. The molecule has 0 bridgehead atoms. The Hall–Kier alpha value is -1.60. The van der Waals surface area contributed by atoms with Crippen molar-refractivity contribution in [2.24, 2.45) is 0 Å². The SMILES string of the molecule is C#CCN(CCC)c1cnc(C(C)C)nc1CNCC. The standard InChI is InChI=1S/C16H26N4/c1-6-9-20(10-7-2)15-12-18-16(13(4)5)19-14(15)11-17-8-3/h1,12-13,17H,7-11H2,2-5H3. The lowest BCUT2D eigenvalue weighted by atomic mass is 10.2. The summed E-state index contributed by atoms with van der Waals surface area (Å²) in [4.78, 5) is 11.4. The molecule has 0 atom stereocenters. The van der Waals surface area contributed by atoms with Crippen molar-refractivity contribution in [2.75, 3.05) is 24.5 Å². The van der Waals surface area contributed by atoms with Crippen LogP contribution in [0, 0.1) is 12.3 Å². The molecule has 0 spiro atoms. The van der Waals surface area contributed by atoms with Gasteiger partial charge in [-0.3, -0.25) is 0 Å². The Morgan fingerprint density at radius 1 is 1.40 bits per heavy atom. The van der Waals surface area contributed by atoms with Gasteiger partial charge in [-0.1, -0.05) is 33.6 Å². The predicted molar refractivity (Wildman–Crippen MR) is 84.8 cm³/mol. The second-order valence-corrected chi connectivity index (χ2v) is 5.12. The molecule has 0 aliphatic carbocycles. The second-order valence-electron chi connectivity index (χ2n) is 5.12. The van der Waals surface area contributed by atoms with Crippen LogP contribution in [0.15, 0.2) is 6.20 Å². The molecule has 0 fully saturated rings. The van der Waals surface area contributed by atoms with Gasteiger partial charge in [-0.25, -0.2) is 9.97 Å². The zero-order valence-electron chi connectivity index (χ0n) is 13.1. The van der Waals surface area contributed by atoms with Crippen LogP contribution < -0.4 is 10.2 Å². The molecule has 0 radical (unpaired) electrons. The number of hydrogen-bond acceptors (Lipinski definition) is 4. The van der Waals surface area contributed by atoms with Crippen LogP contribution >= 0.6 is 0 Å². The first kappa shape index (κ1) is 16.5. The largest absolute Gasteiger partial charge is 0.358 e. The number of nitrogens with one attached hydrogen (secondary N) is 1. The fourth-order valence-corrected chi connectivity index (χ4v) is 2.01. The number of anilines is 1. The molecule has 0 saturated heterocycles. The highest BCUT2D eigenvalue weighted by atomic mass is 15.1. The Balaban J connectivity index is 3.11. The van der Waals surface area contributed by atoms with E-state index in [2.05, 4.69) is 48.8 Å². The van der Waals surface area contributed by atoms with E-state index in [4.69, 9.17) is 11.4 Å². The van der Waals surface area contributed by atoms with Gasteiger partial charge in [0, 0.05) is 19.0 Å². The number of rotatable bonds is 8. The van der Waals surface area contributed by atoms with Crippen molar-refractivity contribution in [1.29, 1.82) is 0 Å². The third-order valence-corrected chi connectivity index (χ3v) is 3.04. The summed E-state index contributed by atoms with van der Waals surface area (Å²) in [7, 11) is 0. The van der Waals surface area contributed by atoms with Gasteiger partial charge in [0.2, 0.25) is 0 Å². The minimum absolute atomic E-state index is 0.330. The maximum atomic E-state index is 5.48. The average Bonchev–Trinajstić information content (AvgIpc) is 2.44. The maximum Gasteiger partial charge on any atom is 0.131 e. The van der Waals surface area contributed by atoms with E-state index in [1.54, 1.807) is 0 Å². The zero-order valence-corrected chi connectivity index (χ0v) is 13.1. The first-order valence-corrected chi connectivity index (χ1v) is 7.38. The minimum Gasteiger partial charge on any atom is -0.358 e. The topological polar surface area (TPSA) is 41.1 Å². The molecular formula is C16H26N4. The van der Waals surface area contributed by atoms with E-state index in [0.29, 0.717) is 12.5 Å². The molecule has 1 aromatic rings. The molecule has 0 aromatic carbocycles. The molecule has 0 unspecified atom stereocenters. The average molecular weight is 274 g/mol. The molecule has 4 nitrogen and oxygen atoms in total. The van der Waals surface area contributed by atoms with E-state index >= 15 is 0 Å². The van der Waals surface area contributed by atoms with Crippen molar-refractivity contribution in [3.63, 3.8) is 0 Å². The lowest BCUT2D eigenvalue weighted by molar-refractivity contribution is 0.679. The molecule has 0 amide bonds. The van der Waals surface area contributed by atoms with E-state index < -0.39 is 0 Å². The van der Waals surface area contributed by atoms with E-state index in [1.165, 1.54) is 0 Å². The van der Waals surface area contributed by atoms with Crippen LogP contribution in [0.2, 0.25) is 0 Å². The molecule has 1 rings (SSSR count). The first-order valence-electron chi connectivity index (χ1n) is 7.38. The number of aromatic nitrogens is 2. The smallest absolute Gasteiger partial charge is 0.131 e. The summed E-state index contributed by atoms with van der Waals surface area (Å²) in [5.41, 5.74) is 2.09. The summed E-state index contributed by atoms with van der Waals surface area (Å²) in [6, 6.07) is 0. The van der Waals surface area contributed by atoms with Crippen molar-refractivity contribution >= 4 is 5.69 Å². The molecule has 1 N–H and O–H groups in total. The summed E-state index contributed by atoms with van der Waals surface area (Å²) in [5.74, 6) is 3.94. The summed E-state index contributed by atoms with van der Waals surface area (Å²) >= 11 is 0. The maximum absolute atomic E-state index is 5.48. The molecule has 4 heteroatoms. The Labute approximate surface area is 123 Å². The third-order valence-electron chi connectivity index (χ3n) is 3.04. The van der Waals surface area contributed by atoms with Crippen LogP contribution in [0.5, 0.6) is 0 Å². The van der Waals surface area contributed by atoms with Crippen molar-refractivity contribution in [3.8, 4) is 12.3 Å². The number of hydrogen-bond donors (Lipinski definition) is 1. The monoisotopic (exact) mass is 274 g/mol. The second kappa shape index (κ2) is 8.55.